The van der Waals surface area contributed by atoms with Gasteiger partial charge in [-0.3, -0.25) is 4.79 Å². The Morgan fingerprint density at radius 3 is 2.47 bits per heavy atom. The van der Waals surface area contributed by atoms with Crippen LogP contribution in [0.4, 0.5) is 0 Å². The third-order valence-corrected chi connectivity index (χ3v) is 3.30. The van der Waals surface area contributed by atoms with Gasteiger partial charge in [0.15, 0.2) is 0 Å². The van der Waals surface area contributed by atoms with Crippen LogP contribution in [0.5, 0.6) is 0 Å². The molecule has 0 spiro atoms. The molecule has 0 aliphatic rings. The Kier molecular flexibility index (Phi) is 4.15. The quantitative estimate of drug-likeness (QED) is 0.909. The van der Waals surface area contributed by atoms with Crippen LogP contribution in [0, 0.1) is 0 Å². The van der Waals surface area contributed by atoms with Gasteiger partial charge in [0, 0.05) is 11.1 Å². The number of benzene rings is 1. The zero-order chi connectivity index (χ0) is 13.8. The fraction of sp³-hybridized carbons (Fsp3) is 0.375. The second-order valence-electron chi connectivity index (χ2n) is 5.09. The molecule has 0 aliphatic heterocycles. The summed E-state index contributed by atoms with van der Waals surface area (Å²) >= 11 is 0. The second-order valence-corrected chi connectivity index (χ2v) is 5.09. The maximum Gasteiger partial charge on any atom is 0.254 e. The normalized spacial score (nSPS) is 10.9. The SMILES string of the molecule is CCCc1c(-c2ccc(C(C)C)cc2)nc[nH]c1=O. The maximum absolute atomic E-state index is 11.9. The van der Waals surface area contributed by atoms with Gasteiger partial charge in [-0.05, 0) is 17.9 Å². The number of aromatic amines is 1. The summed E-state index contributed by atoms with van der Waals surface area (Å²) in [6.45, 7) is 6.41. The van der Waals surface area contributed by atoms with E-state index in [1.54, 1.807) is 0 Å². The van der Waals surface area contributed by atoms with E-state index >= 15 is 0 Å². The highest BCUT2D eigenvalue weighted by Gasteiger charge is 2.10. The molecule has 0 saturated heterocycles. The van der Waals surface area contributed by atoms with Gasteiger partial charge >= 0.3 is 0 Å². The highest BCUT2D eigenvalue weighted by Crippen LogP contribution is 2.22. The molecule has 0 unspecified atom stereocenters. The summed E-state index contributed by atoms with van der Waals surface area (Å²) in [6, 6.07) is 8.32. The van der Waals surface area contributed by atoms with Crippen LogP contribution < -0.4 is 5.56 Å². The molecule has 0 atom stereocenters. The molecule has 0 saturated carbocycles. The fourth-order valence-electron chi connectivity index (χ4n) is 2.18. The molecule has 1 heterocycles. The highest BCUT2D eigenvalue weighted by atomic mass is 16.1. The van der Waals surface area contributed by atoms with E-state index in [4.69, 9.17) is 0 Å². The minimum absolute atomic E-state index is 0.0280. The lowest BCUT2D eigenvalue weighted by atomic mass is 9.98. The van der Waals surface area contributed by atoms with Crippen molar-refractivity contribution in [1.82, 2.24) is 9.97 Å². The monoisotopic (exact) mass is 256 g/mol. The topological polar surface area (TPSA) is 45.8 Å². The van der Waals surface area contributed by atoms with Crippen molar-refractivity contribution >= 4 is 0 Å². The van der Waals surface area contributed by atoms with Gasteiger partial charge in [-0.2, -0.15) is 0 Å². The lowest BCUT2D eigenvalue weighted by molar-refractivity contribution is 0.866. The Bertz CT molecular complexity index is 597. The van der Waals surface area contributed by atoms with Crippen molar-refractivity contribution < 1.29 is 0 Å². The van der Waals surface area contributed by atoms with E-state index in [1.807, 2.05) is 0 Å². The van der Waals surface area contributed by atoms with Crippen molar-refractivity contribution in [3.63, 3.8) is 0 Å². The van der Waals surface area contributed by atoms with Crippen LogP contribution in [0.2, 0.25) is 0 Å². The summed E-state index contributed by atoms with van der Waals surface area (Å²) < 4.78 is 0. The molecule has 2 aromatic rings. The molecule has 0 bridgehead atoms. The number of rotatable bonds is 4. The smallest absolute Gasteiger partial charge is 0.254 e. The van der Waals surface area contributed by atoms with Crippen molar-refractivity contribution in [3.8, 4) is 11.3 Å². The van der Waals surface area contributed by atoms with Crippen LogP contribution in [0.1, 0.15) is 44.2 Å². The first-order valence-electron chi connectivity index (χ1n) is 6.80. The minimum atomic E-state index is -0.0280. The number of hydrogen-bond acceptors (Lipinski definition) is 2. The van der Waals surface area contributed by atoms with Crippen molar-refractivity contribution in [3.05, 3.63) is 52.1 Å². The summed E-state index contributed by atoms with van der Waals surface area (Å²) in [7, 11) is 0. The summed E-state index contributed by atoms with van der Waals surface area (Å²) in [5.74, 6) is 0.510. The van der Waals surface area contributed by atoms with E-state index in [9.17, 15) is 4.79 Å². The van der Waals surface area contributed by atoms with E-state index in [0.717, 1.165) is 29.7 Å². The molecule has 3 heteroatoms. The van der Waals surface area contributed by atoms with Crippen LogP contribution in [-0.4, -0.2) is 9.97 Å². The van der Waals surface area contributed by atoms with Gasteiger partial charge in [0.05, 0.1) is 12.0 Å². The van der Waals surface area contributed by atoms with Gasteiger partial charge in [-0.25, -0.2) is 4.98 Å². The standard InChI is InChI=1S/C16H20N2O/c1-4-5-14-15(17-10-18-16(14)19)13-8-6-12(7-9-13)11(2)3/h6-11H,4-5H2,1-3H3,(H,17,18,19). The van der Waals surface area contributed by atoms with Crippen LogP contribution in [0.25, 0.3) is 11.3 Å². The van der Waals surface area contributed by atoms with Crippen molar-refractivity contribution in [2.45, 2.75) is 39.5 Å². The van der Waals surface area contributed by atoms with Crippen molar-refractivity contribution in [2.24, 2.45) is 0 Å². The molecule has 2 rings (SSSR count). The van der Waals surface area contributed by atoms with Crippen molar-refractivity contribution in [1.29, 1.82) is 0 Å². The third kappa shape index (κ3) is 2.92. The van der Waals surface area contributed by atoms with E-state index < -0.39 is 0 Å². The molecule has 1 N–H and O–H groups in total. The van der Waals surface area contributed by atoms with Crippen molar-refractivity contribution in [2.75, 3.05) is 0 Å². The number of aromatic nitrogens is 2. The first-order chi connectivity index (χ1) is 9.13. The Hall–Kier alpha value is -1.90. The van der Waals surface area contributed by atoms with Gasteiger partial charge in [0.1, 0.15) is 0 Å². The van der Waals surface area contributed by atoms with Gasteiger partial charge in [0.2, 0.25) is 0 Å². The molecule has 3 nitrogen and oxygen atoms in total. The highest BCUT2D eigenvalue weighted by molar-refractivity contribution is 5.62. The van der Waals surface area contributed by atoms with Gasteiger partial charge in [-0.15, -0.1) is 0 Å². The summed E-state index contributed by atoms with van der Waals surface area (Å²) in [6.07, 6.45) is 3.17. The minimum Gasteiger partial charge on any atom is -0.313 e. The Labute approximate surface area is 113 Å². The predicted octanol–water partition coefficient (Wildman–Crippen LogP) is 3.51. The fourth-order valence-corrected chi connectivity index (χ4v) is 2.18. The predicted molar refractivity (Wildman–Crippen MR) is 78.4 cm³/mol. The first-order valence-corrected chi connectivity index (χ1v) is 6.80. The Morgan fingerprint density at radius 1 is 1.21 bits per heavy atom. The largest absolute Gasteiger partial charge is 0.313 e. The van der Waals surface area contributed by atoms with Crippen LogP contribution >= 0.6 is 0 Å². The molecule has 0 fully saturated rings. The van der Waals surface area contributed by atoms with E-state index in [0.29, 0.717) is 5.92 Å². The average Bonchev–Trinajstić information content (AvgIpc) is 2.41. The van der Waals surface area contributed by atoms with E-state index in [-0.39, 0.29) is 5.56 Å². The number of hydrogen-bond donors (Lipinski definition) is 1. The second kappa shape index (κ2) is 5.83. The summed E-state index contributed by atoms with van der Waals surface area (Å²) in [4.78, 5) is 18.9. The summed E-state index contributed by atoms with van der Waals surface area (Å²) in [5.41, 5.74) is 3.87. The molecule has 1 aromatic carbocycles. The third-order valence-electron chi connectivity index (χ3n) is 3.30. The van der Waals surface area contributed by atoms with E-state index in [1.165, 1.54) is 11.9 Å². The molecular formula is C16H20N2O. The van der Waals surface area contributed by atoms with Gasteiger partial charge < -0.3 is 4.98 Å². The number of nitrogens with zero attached hydrogens (tertiary/aromatic N) is 1. The molecular weight excluding hydrogens is 236 g/mol. The van der Waals surface area contributed by atoms with Crippen LogP contribution in [-0.2, 0) is 6.42 Å². The summed E-state index contributed by atoms with van der Waals surface area (Å²) in [5, 5.41) is 0. The Morgan fingerprint density at radius 2 is 1.89 bits per heavy atom. The molecule has 100 valence electrons. The van der Waals surface area contributed by atoms with Crippen LogP contribution in [0.3, 0.4) is 0 Å². The number of nitrogens with one attached hydrogen (secondary N) is 1. The van der Waals surface area contributed by atoms with Gasteiger partial charge in [-0.1, -0.05) is 51.5 Å². The molecule has 19 heavy (non-hydrogen) atoms. The zero-order valence-electron chi connectivity index (χ0n) is 11.7. The van der Waals surface area contributed by atoms with E-state index in [2.05, 4.69) is 55.0 Å². The van der Waals surface area contributed by atoms with Crippen LogP contribution in [0.15, 0.2) is 35.4 Å². The Balaban J connectivity index is 2.46. The average molecular weight is 256 g/mol. The molecule has 0 aliphatic carbocycles. The number of H-pyrrole nitrogens is 1. The zero-order valence-corrected chi connectivity index (χ0v) is 11.7. The van der Waals surface area contributed by atoms with Gasteiger partial charge in [0.25, 0.3) is 5.56 Å². The lowest BCUT2D eigenvalue weighted by Crippen LogP contribution is -2.14. The molecule has 1 aromatic heterocycles. The lowest BCUT2D eigenvalue weighted by Gasteiger charge is -2.09. The maximum atomic E-state index is 11.9. The molecule has 0 amide bonds. The molecule has 0 radical (unpaired) electrons. The first kappa shape index (κ1) is 13.5.